The molecule has 1 saturated heterocycles. The summed E-state index contributed by atoms with van der Waals surface area (Å²) in [6.07, 6.45) is 0. The maximum absolute atomic E-state index is 12.3. The van der Waals surface area contributed by atoms with Crippen molar-refractivity contribution in [3.05, 3.63) is 35.2 Å². The van der Waals surface area contributed by atoms with Crippen molar-refractivity contribution in [2.24, 2.45) is 0 Å². The molecule has 0 spiro atoms. The number of quaternary nitrogens is 1. The smallest absolute Gasteiger partial charge is 0.338 e. The zero-order chi connectivity index (χ0) is 20.4. The fourth-order valence-corrected chi connectivity index (χ4v) is 2.97. The van der Waals surface area contributed by atoms with Crippen molar-refractivity contribution in [2.75, 3.05) is 13.2 Å². The van der Waals surface area contributed by atoms with Crippen LogP contribution in [0.5, 0.6) is 0 Å². The van der Waals surface area contributed by atoms with Crippen LogP contribution in [-0.2, 0) is 16.1 Å². The molecule has 1 aromatic carbocycles. The molecule has 1 atom stereocenters. The van der Waals surface area contributed by atoms with Gasteiger partial charge in [0, 0.05) is 17.1 Å². The Balaban J connectivity index is 1.74. The molecular formula is C18H21ClN5O4+. The number of aromatic nitrogens is 2. The number of imide groups is 2. The maximum Gasteiger partial charge on any atom is 0.338 e. The molecule has 1 aliphatic heterocycles. The number of hydrogen-bond acceptors (Lipinski definition) is 6. The lowest BCUT2D eigenvalue weighted by molar-refractivity contribution is -0.943. The molecule has 9 nitrogen and oxygen atoms in total. The second-order valence-corrected chi connectivity index (χ2v) is 7.16. The van der Waals surface area contributed by atoms with Gasteiger partial charge in [0.05, 0.1) is 6.04 Å². The Kier molecular flexibility index (Phi) is 5.76. The molecule has 1 N–H and O–H groups in total. The quantitative estimate of drug-likeness (QED) is 0.542. The molecule has 0 bridgehead atoms. The number of benzene rings is 1. The number of amides is 4. The number of nitrogens with zero attached hydrogens (tertiary/aromatic N) is 4. The Hall–Kier alpha value is -2.78. The van der Waals surface area contributed by atoms with E-state index >= 15 is 0 Å². The highest BCUT2D eigenvalue weighted by atomic mass is 35.5. The monoisotopic (exact) mass is 406 g/mol. The number of nitrogens with one attached hydrogen (secondary N) is 1. The van der Waals surface area contributed by atoms with Gasteiger partial charge in [-0.1, -0.05) is 11.6 Å². The van der Waals surface area contributed by atoms with Gasteiger partial charge >= 0.3 is 17.8 Å². The molecule has 0 aliphatic carbocycles. The van der Waals surface area contributed by atoms with E-state index in [2.05, 4.69) is 10.2 Å². The summed E-state index contributed by atoms with van der Waals surface area (Å²) < 4.78 is 5.72. The third kappa shape index (κ3) is 3.90. The molecule has 3 rings (SSSR count). The van der Waals surface area contributed by atoms with E-state index in [1.54, 1.807) is 31.2 Å². The van der Waals surface area contributed by atoms with Crippen LogP contribution in [-0.4, -0.2) is 57.1 Å². The van der Waals surface area contributed by atoms with Crippen LogP contribution in [0.1, 0.15) is 26.7 Å². The van der Waals surface area contributed by atoms with Crippen molar-refractivity contribution in [3.8, 4) is 11.5 Å². The third-order valence-corrected chi connectivity index (χ3v) is 4.82. The molecule has 28 heavy (non-hydrogen) atoms. The Labute approximate surface area is 166 Å². The molecule has 0 radical (unpaired) electrons. The van der Waals surface area contributed by atoms with Gasteiger partial charge < -0.3 is 9.32 Å². The van der Waals surface area contributed by atoms with E-state index in [-0.39, 0.29) is 19.3 Å². The number of rotatable bonds is 7. The lowest BCUT2D eigenvalue weighted by Gasteiger charge is -2.25. The number of halogens is 1. The number of likely N-dealkylation sites (N-methyl/N-ethyl adjacent to an activating group) is 1. The lowest BCUT2D eigenvalue weighted by Crippen LogP contribution is -3.15. The molecule has 148 valence electrons. The summed E-state index contributed by atoms with van der Waals surface area (Å²) in [5.74, 6) is -0.877. The van der Waals surface area contributed by atoms with Gasteiger partial charge in [-0.25, -0.2) is 9.69 Å². The first-order valence-electron chi connectivity index (χ1n) is 8.92. The Morgan fingerprint density at radius 3 is 2.29 bits per heavy atom. The van der Waals surface area contributed by atoms with Crippen LogP contribution in [0.25, 0.3) is 11.5 Å². The number of hydrogen-bond donors (Lipinski definition) is 1. The van der Waals surface area contributed by atoms with E-state index in [4.69, 9.17) is 16.0 Å². The van der Waals surface area contributed by atoms with E-state index in [0.29, 0.717) is 23.3 Å². The normalized spacial score (nSPS) is 15.8. The average Bonchev–Trinajstić information content (AvgIpc) is 3.20. The summed E-state index contributed by atoms with van der Waals surface area (Å²) in [6, 6.07) is 6.46. The topological polar surface area (TPSA) is 101 Å². The molecule has 0 saturated carbocycles. The van der Waals surface area contributed by atoms with Crippen LogP contribution in [0.4, 0.5) is 4.79 Å². The Morgan fingerprint density at radius 1 is 1.07 bits per heavy atom. The number of carbonyl (C=O) groups excluding carboxylic acids is 3. The van der Waals surface area contributed by atoms with Gasteiger partial charge in [-0.2, -0.15) is 0 Å². The Bertz CT molecular complexity index is 896. The van der Waals surface area contributed by atoms with Crippen LogP contribution in [0.3, 0.4) is 0 Å². The first-order valence-corrected chi connectivity index (χ1v) is 9.29. The minimum Gasteiger partial charge on any atom is -0.415 e. The second kappa shape index (κ2) is 8.07. The fourth-order valence-electron chi connectivity index (χ4n) is 2.84. The zero-order valence-electron chi connectivity index (χ0n) is 15.8. The van der Waals surface area contributed by atoms with Gasteiger partial charge in [-0.05, 0) is 45.0 Å². The predicted octanol–water partition coefficient (Wildman–Crippen LogP) is 0.952. The summed E-state index contributed by atoms with van der Waals surface area (Å²) in [5, 5.41) is 8.71. The van der Waals surface area contributed by atoms with Gasteiger partial charge in [0.2, 0.25) is 5.89 Å². The molecule has 2 heterocycles. The number of carbonyl (C=O) groups is 3. The summed E-state index contributed by atoms with van der Waals surface area (Å²) in [5.41, 5.74) is 0.739. The van der Waals surface area contributed by atoms with Gasteiger partial charge in [-0.3, -0.25) is 14.5 Å². The van der Waals surface area contributed by atoms with Crippen LogP contribution < -0.4 is 4.90 Å². The van der Waals surface area contributed by atoms with Crippen molar-refractivity contribution in [1.29, 1.82) is 0 Å². The molecule has 1 aliphatic rings. The maximum atomic E-state index is 12.3. The van der Waals surface area contributed by atoms with Crippen molar-refractivity contribution in [1.82, 2.24) is 20.0 Å². The van der Waals surface area contributed by atoms with E-state index in [9.17, 15) is 14.4 Å². The van der Waals surface area contributed by atoms with Gasteiger partial charge in [0.15, 0.2) is 13.2 Å². The SMILES string of the molecule is CCN1C(=O)C(=O)N(C[NH+](Cc2nnc(-c3ccc(Cl)cc3)o2)C(C)C)C1=O. The van der Waals surface area contributed by atoms with E-state index < -0.39 is 17.8 Å². The standard InChI is InChI=1S/C18H20ClN5O4/c1-4-23-16(25)17(26)24(18(23)27)10-22(11(2)3)9-14-20-21-15(28-14)12-5-7-13(19)8-6-12/h5-8,11H,4,9-10H2,1-3H3/p+1. The van der Waals surface area contributed by atoms with Crippen LogP contribution in [0, 0.1) is 0 Å². The first-order chi connectivity index (χ1) is 13.3. The van der Waals surface area contributed by atoms with Crippen molar-refractivity contribution in [2.45, 2.75) is 33.4 Å². The molecule has 2 aromatic rings. The summed E-state index contributed by atoms with van der Waals surface area (Å²) in [6.45, 7) is 6.03. The van der Waals surface area contributed by atoms with E-state index in [0.717, 1.165) is 20.3 Å². The van der Waals surface area contributed by atoms with Crippen molar-refractivity contribution < 1.29 is 23.7 Å². The lowest BCUT2D eigenvalue weighted by atomic mass is 10.2. The largest absolute Gasteiger partial charge is 0.415 e. The Morgan fingerprint density at radius 2 is 1.71 bits per heavy atom. The summed E-state index contributed by atoms with van der Waals surface area (Å²) in [4.78, 5) is 39.1. The molecular weight excluding hydrogens is 386 g/mol. The number of urea groups is 1. The molecule has 1 unspecified atom stereocenters. The highest BCUT2D eigenvalue weighted by Crippen LogP contribution is 2.20. The fraction of sp³-hybridized carbons (Fsp3) is 0.389. The minimum atomic E-state index is -0.808. The highest BCUT2D eigenvalue weighted by Gasteiger charge is 2.45. The van der Waals surface area contributed by atoms with Gasteiger partial charge in [0.25, 0.3) is 5.89 Å². The molecule has 4 amide bonds. The molecule has 1 fully saturated rings. The summed E-state index contributed by atoms with van der Waals surface area (Å²) >= 11 is 5.89. The first kappa shape index (κ1) is 20.0. The average molecular weight is 407 g/mol. The highest BCUT2D eigenvalue weighted by molar-refractivity contribution is 6.44. The van der Waals surface area contributed by atoms with Gasteiger partial charge in [-0.15, -0.1) is 10.2 Å². The summed E-state index contributed by atoms with van der Waals surface area (Å²) in [7, 11) is 0. The van der Waals surface area contributed by atoms with Gasteiger partial charge in [0.1, 0.15) is 0 Å². The molecule has 10 heteroatoms. The van der Waals surface area contributed by atoms with Crippen molar-refractivity contribution in [3.63, 3.8) is 0 Å². The van der Waals surface area contributed by atoms with Crippen LogP contribution >= 0.6 is 11.6 Å². The predicted molar refractivity (Wildman–Crippen MR) is 99.0 cm³/mol. The minimum absolute atomic E-state index is 0.0379. The third-order valence-electron chi connectivity index (χ3n) is 4.57. The van der Waals surface area contributed by atoms with Crippen molar-refractivity contribution >= 4 is 29.4 Å². The van der Waals surface area contributed by atoms with E-state index in [1.165, 1.54) is 0 Å². The van der Waals surface area contributed by atoms with Crippen LogP contribution in [0.2, 0.25) is 5.02 Å². The van der Waals surface area contributed by atoms with Crippen LogP contribution in [0.15, 0.2) is 28.7 Å². The molecule has 1 aromatic heterocycles. The second-order valence-electron chi connectivity index (χ2n) is 6.72. The van der Waals surface area contributed by atoms with E-state index in [1.807, 2.05) is 13.8 Å². The zero-order valence-corrected chi connectivity index (χ0v) is 16.6.